The summed E-state index contributed by atoms with van der Waals surface area (Å²) < 4.78 is 5.40. The van der Waals surface area contributed by atoms with Crippen LogP contribution in [-0.4, -0.2) is 43.8 Å². The molecule has 0 fully saturated rings. The number of hydrogen-bond acceptors (Lipinski definition) is 4. The fraction of sp³-hybridized carbons (Fsp3) is 0.941. The topological polar surface area (TPSA) is 81.6 Å². The molecule has 1 amide bonds. The lowest BCUT2D eigenvalue weighted by molar-refractivity contribution is 0.0991. The predicted molar refractivity (Wildman–Crippen MR) is 92.9 cm³/mol. The zero-order chi connectivity index (χ0) is 16.5. The fourth-order valence-corrected chi connectivity index (χ4v) is 2.32. The minimum Gasteiger partial charge on any atom is -0.449 e. The number of carbonyl (C=O) groups excluding carboxylic acids is 1. The van der Waals surface area contributed by atoms with Crippen LogP contribution in [0.15, 0.2) is 0 Å². The molecule has 5 heteroatoms. The standard InChI is InChI=1S/C17H37N3O2/c1-2-3-4-11-16-22-17(21)20(15-10-8-13-19)14-9-6-5-7-12-18/h2-16,18-19H2,1H3. The normalized spacial score (nSPS) is 10.7. The second kappa shape index (κ2) is 16.6. The molecule has 0 spiro atoms. The maximum Gasteiger partial charge on any atom is 0.409 e. The van der Waals surface area contributed by atoms with Crippen LogP contribution in [0.2, 0.25) is 0 Å². The molecular formula is C17H37N3O2. The maximum absolute atomic E-state index is 12.1. The number of amides is 1. The van der Waals surface area contributed by atoms with Crippen molar-refractivity contribution in [2.45, 2.75) is 71.1 Å². The third-order valence-corrected chi connectivity index (χ3v) is 3.75. The van der Waals surface area contributed by atoms with Crippen LogP contribution in [0, 0.1) is 0 Å². The van der Waals surface area contributed by atoms with E-state index >= 15 is 0 Å². The molecule has 0 radical (unpaired) electrons. The van der Waals surface area contributed by atoms with Crippen LogP contribution in [0.5, 0.6) is 0 Å². The number of carbonyl (C=O) groups is 1. The molecule has 0 saturated heterocycles. The Morgan fingerprint density at radius 1 is 0.818 bits per heavy atom. The number of nitrogens with two attached hydrogens (primary N) is 2. The smallest absolute Gasteiger partial charge is 0.409 e. The van der Waals surface area contributed by atoms with Gasteiger partial charge in [0.25, 0.3) is 0 Å². The maximum atomic E-state index is 12.1. The SMILES string of the molecule is CCCCCCOC(=O)N(CCCCN)CCCCCCN. The van der Waals surface area contributed by atoms with Gasteiger partial charge in [0.1, 0.15) is 0 Å². The lowest BCUT2D eigenvalue weighted by Crippen LogP contribution is -2.34. The summed E-state index contributed by atoms with van der Waals surface area (Å²) in [6.45, 7) is 5.68. The monoisotopic (exact) mass is 315 g/mol. The van der Waals surface area contributed by atoms with Crippen LogP contribution in [0.1, 0.15) is 71.1 Å². The summed E-state index contributed by atoms with van der Waals surface area (Å²) in [6, 6.07) is 0. The highest BCUT2D eigenvalue weighted by molar-refractivity contribution is 5.67. The van der Waals surface area contributed by atoms with E-state index in [0.29, 0.717) is 13.2 Å². The molecule has 0 aromatic rings. The first kappa shape index (κ1) is 21.2. The molecule has 0 atom stereocenters. The Labute approximate surface area is 136 Å². The van der Waals surface area contributed by atoms with E-state index in [-0.39, 0.29) is 6.09 Å². The molecule has 22 heavy (non-hydrogen) atoms. The Bertz CT molecular complexity index is 250. The van der Waals surface area contributed by atoms with Gasteiger partial charge in [0, 0.05) is 13.1 Å². The molecule has 0 saturated carbocycles. The van der Waals surface area contributed by atoms with Crippen LogP contribution >= 0.6 is 0 Å². The van der Waals surface area contributed by atoms with Gasteiger partial charge >= 0.3 is 6.09 Å². The van der Waals surface area contributed by atoms with E-state index in [1.54, 1.807) is 0 Å². The van der Waals surface area contributed by atoms with Gasteiger partial charge in [0.15, 0.2) is 0 Å². The van der Waals surface area contributed by atoms with Crippen molar-refractivity contribution in [1.82, 2.24) is 4.90 Å². The van der Waals surface area contributed by atoms with Gasteiger partial charge in [-0.25, -0.2) is 4.79 Å². The van der Waals surface area contributed by atoms with Gasteiger partial charge in [-0.3, -0.25) is 0 Å². The Morgan fingerprint density at radius 2 is 1.36 bits per heavy atom. The molecule has 0 aliphatic heterocycles. The van der Waals surface area contributed by atoms with Crippen LogP contribution in [0.25, 0.3) is 0 Å². The van der Waals surface area contributed by atoms with Gasteiger partial charge in [-0.05, 0) is 45.2 Å². The summed E-state index contributed by atoms with van der Waals surface area (Å²) in [5.74, 6) is 0. The largest absolute Gasteiger partial charge is 0.449 e. The van der Waals surface area contributed by atoms with E-state index < -0.39 is 0 Å². The van der Waals surface area contributed by atoms with Crippen LogP contribution < -0.4 is 11.5 Å². The van der Waals surface area contributed by atoms with Crippen LogP contribution in [-0.2, 0) is 4.74 Å². The van der Waals surface area contributed by atoms with Crippen molar-refractivity contribution in [1.29, 1.82) is 0 Å². The highest BCUT2D eigenvalue weighted by Crippen LogP contribution is 2.06. The van der Waals surface area contributed by atoms with Gasteiger partial charge in [0.2, 0.25) is 0 Å². The van der Waals surface area contributed by atoms with Gasteiger partial charge in [0.05, 0.1) is 6.61 Å². The first-order chi connectivity index (χ1) is 10.8. The molecule has 132 valence electrons. The molecule has 4 N–H and O–H groups in total. The quantitative estimate of drug-likeness (QED) is 0.454. The van der Waals surface area contributed by atoms with E-state index in [9.17, 15) is 4.79 Å². The second-order valence-electron chi connectivity index (χ2n) is 5.86. The van der Waals surface area contributed by atoms with Crippen molar-refractivity contribution < 1.29 is 9.53 Å². The van der Waals surface area contributed by atoms with E-state index in [2.05, 4.69) is 6.92 Å². The average Bonchev–Trinajstić information content (AvgIpc) is 2.52. The van der Waals surface area contributed by atoms with Gasteiger partial charge in [-0.2, -0.15) is 0 Å². The summed E-state index contributed by atoms with van der Waals surface area (Å²) in [6.07, 6.45) is 10.6. The summed E-state index contributed by atoms with van der Waals surface area (Å²) in [7, 11) is 0. The van der Waals surface area contributed by atoms with Crippen molar-refractivity contribution in [3.05, 3.63) is 0 Å². The molecule has 5 nitrogen and oxygen atoms in total. The first-order valence-electron chi connectivity index (χ1n) is 9.08. The van der Waals surface area contributed by atoms with Crippen molar-refractivity contribution >= 4 is 6.09 Å². The van der Waals surface area contributed by atoms with Crippen molar-refractivity contribution in [2.75, 3.05) is 32.8 Å². The Balaban J connectivity index is 3.94. The van der Waals surface area contributed by atoms with Crippen molar-refractivity contribution in [3.63, 3.8) is 0 Å². The summed E-state index contributed by atoms with van der Waals surface area (Å²) >= 11 is 0. The molecule has 0 aromatic carbocycles. The van der Waals surface area contributed by atoms with E-state index in [4.69, 9.17) is 16.2 Å². The van der Waals surface area contributed by atoms with Crippen molar-refractivity contribution in [2.24, 2.45) is 11.5 Å². The number of rotatable bonds is 15. The number of nitrogens with zero attached hydrogens (tertiary/aromatic N) is 1. The lowest BCUT2D eigenvalue weighted by Gasteiger charge is -2.22. The van der Waals surface area contributed by atoms with Gasteiger partial charge in [-0.1, -0.05) is 39.0 Å². The highest BCUT2D eigenvalue weighted by atomic mass is 16.6. The predicted octanol–water partition coefficient (Wildman–Crippen LogP) is 3.26. The number of hydrogen-bond donors (Lipinski definition) is 2. The first-order valence-corrected chi connectivity index (χ1v) is 9.08. The van der Waals surface area contributed by atoms with Gasteiger partial charge < -0.3 is 21.1 Å². The fourth-order valence-electron chi connectivity index (χ4n) is 2.32. The van der Waals surface area contributed by atoms with Gasteiger partial charge in [-0.15, -0.1) is 0 Å². The Morgan fingerprint density at radius 3 is 2.00 bits per heavy atom. The molecular weight excluding hydrogens is 278 g/mol. The number of unbranched alkanes of at least 4 members (excludes halogenated alkanes) is 7. The molecule has 0 aliphatic carbocycles. The van der Waals surface area contributed by atoms with E-state index in [1.807, 2.05) is 4.90 Å². The van der Waals surface area contributed by atoms with Crippen LogP contribution in [0.3, 0.4) is 0 Å². The zero-order valence-electron chi connectivity index (χ0n) is 14.5. The molecule has 0 aliphatic rings. The minimum absolute atomic E-state index is 0.160. The zero-order valence-corrected chi connectivity index (χ0v) is 14.5. The minimum atomic E-state index is -0.160. The number of ether oxygens (including phenoxy) is 1. The average molecular weight is 316 g/mol. The molecule has 0 rings (SSSR count). The summed E-state index contributed by atoms with van der Waals surface area (Å²) in [5, 5.41) is 0. The van der Waals surface area contributed by atoms with E-state index in [0.717, 1.165) is 71.0 Å². The second-order valence-corrected chi connectivity index (χ2v) is 5.86. The molecule has 0 heterocycles. The molecule has 0 aromatic heterocycles. The summed E-state index contributed by atoms with van der Waals surface area (Å²) in [5.41, 5.74) is 11.0. The molecule has 0 bridgehead atoms. The third-order valence-electron chi connectivity index (χ3n) is 3.75. The van der Waals surface area contributed by atoms with Crippen molar-refractivity contribution in [3.8, 4) is 0 Å². The highest BCUT2D eigenvalue weighted by Gasteiger charge is 2.13. The summed E-state index contributed by atoms with van der Waals surface area (Å²) in [4.78, 5) is 14.0. The lowest BCUT2D eigenvalue weighted by atomic mass is 10.2. The van der Waals surface area contributed by atoms with Crippen LogP contribution in [0.4, 0.5) is 4.79 Å². The van der Waals surface area contributed by atoms with E-state index in [1.165, 1.54) is 12.8 Å². The third kappa shape index (κ3) is 12.9. The molecule has 0 unspecified atom stereocenters. The Kier molecular flexibility index (Phi) is 15.9. The Hall–Kier alpha value is -0.810.